The van der Waals surface area contributed by atoms with Crippen LogP contribution in [0.4, 0.5) is 0 Å². The van der Waals surface area contributed by atoms with Crippen molar-refractivity contribution in [1.29, 1.82) is 0 Å². The van der Waals surface area contributed by atoms with Crippen LogP contribution in [0.2, 0.25) is 0 Å². The van der Waals surface area contributed by atoms with Gasteiger partial charge in [-0.15, -0.1) is 0 Å². The predicted octanol–water partition coefficient (Wildman–Crippen LogP) is 1.99. The first kappa shape index (κ1) is 10.2. The van der Waals surface area contributed by atoms with E-state index < -0.39 is 0 Å². The first-order chi connectivity index (χ1) is 7.29. The van der Waals surface area contributed by atoms with Gasteiger partial charge in [-0.05, 0) is 13.0 Å². The maximum Gasteiger partial charge on any atom is 0.119 e. The second-order valence-corrected chi connectivity index (χ2v) is 4.06. The molecule has 0 aliphatic rings. The molecule has 0 atom stereocenters. The van der Waals surface area contributed by atoms with Gasteiger partial charge in [-0.1, -0.05) is 11.8 Å². The third-order valence-corrected chi connectivity index (χ3v) is 2.98. The van der Waals surface area contributed by atoms with E-state index in [1.165, 1.54) is 11.8 Å². The van der Waals surface area contributed by atoms with Crippen LogP contribution >= 0.6 is 11.8 Å². The zero-order valence-corrected chi connectivity index (χ0v) is 9.12. The summed E-state index contributed by atoms with van der Waals surface area (Å²) in [6.07, 6.45) is 5.08. The third kappa shape index (κ3) is 2.37. The molecule has 0 bridgehead atoms. The number of aryl methyl sites for hydroxylation is 1. The molecule has 0 unspecified atom stereocenters. The molecule has 5 heteroatoms. The second-order valence-electron chi connectivity index (χ2n) is 2.99. The van der Waals surface area contributed by atoms with Crippen molar-refractivity contribution >= 4 is 11.8 Å². The zero-order valence-electron chi connectivity index (χ0n) is 8.30. The van der Waals surface area contributed by atoms with Crippen LogP contribution < -0.4 is 5.73 Å². The number of hydrogen-bond donors (Lipinski definition) is 1. The highest BCUT2D eigenvalue weighted by Crippen LogP contribution is 2.28. The number of hydrogen-bond acceptors (Lipinski definition) is 5. The molecule has 0 aliphatic carbocycles. The smallest absolute Gasteiger partial charge is 0.119 e. The second kappa shape index (κ2) is 4.46. The van der Waals surface area contributed by atoms with Gasteiger partial charge in [0.05, 0.1) is 29.2 Å². The van der Waals surface area contributed by atoms with Crippen LogP contribution in [-0.2, 0) is 6.54 Å². The molecule has 0 spiro atoms. The molecule has 0 aliphatic heterocycles. The Balaban J connectivity index is 2.14. The Morgan fingerprint density at radius 2 is 2.27 bits per heavy atom. The monoisotopic (exact) mass is 221 g/mol. The number of furan rings is 1. The molecule has 0 amide bonds. The van der Waals surface area contributed by atoms with E-state index in [4.69, 9.17) is 10.2 Å². The van der Waals surface area contributed by atoms with Crippen molar-refractivity contribution in [2.75, 3.05) is 0 Å². The fourth-order valence-corrected chi connectivity index (χ4v) is 1.84. The summed E-state index contributed by atoms with van der Waals surface area (Å²) in [7, 11) is 0. The van der Waals surface area contributed by atoms with E-state index in [0.29, 0.717) is 6.54 Å². The van der Waals surface area contributed by atoms with Gasteiger partial charge in [-0.25, -0.2) is 4.98 Å². The van der Waals surface area contributed by atoms with Crippen molar-refractivity contribution in [3.05, 3.63) is 36.2 Å². The minimum Gasteiger partial charge on any atom is -0.468 e. The summed E-state index contributed by atoms with van der Waals surface area (Å²) in [5.41, 5.74) is 6.23. The van der Waals surface area contributed by atoms with Crippen molar-refractivity contribution in [2.45, 2.75) is 23.4 Å². The molecule has 2 N–H and O–H groups in total. The van der Waals surface area contributed by atoms with Crippen LogP contribution in [-0.4, -0.2) is 9.97 Å². The van der Waals surface area contributed by atoms with Crippen molar-refractivity contribution in [1.82, 2.24) is 9.97 Å². The standard InChI is InChI=1S/C10H11N3OS/c1-7-9(2-3-14-7)15-10-6-12-8(4-11)5-13-10/h2-3,5-6H,4,11H2,1H3. The van der Waals surface area contributed by atoms with Gasteiger partial charge in [0.25, 0.3) is 0 Å². The highest BCUT2D eigenvalue weighted by molar-refractivity contribution is 7.99. The van der Waals surface area contributed by atoms with E-state index in [1.807, 2.05) is 13.0 Å². The minimum absolute atomic E-state index is 0.419. The number of nitrogens with zero attached hydrogens (tertiary/aromatic N) is 2. The Morgan fingerprint density at radius 1 is 1.40 bits per heavy atom. The van der Waals surface area contributed by atoms with Gasteiger partial charge in [-0.2, -0.15) is 0 Å². The Bertz CT molecular complexity index is 438. The molecular formula is C10H11N3OS. The highest BCUT2D eigenvalue weighted by Gasteiger charge is 2.04. The van der Waals surface area contributed by atoms with Gasteiger partial charge in [0.15, 0.2) is 0 Å². The molecule has 2 aromatic rings. The van der Waals surface area contributed by atoms with Crippen molar-refractivity contribution in [3.63, 3.8) is 0 Å². The van der Waals surface area contributed by atoms with Gasteiger partial charge >= 0.3 is 0 Å². The highest BCUT2D eigenvalue weighted by atomic mass is 32.2. The lowest BCUT2D eigenvalue weighted by Gasteiger charge is -1.99. The molecule has 0 radical (unpaired) electrons. The van der Waals surface area contributed by atoms with E-state index in [0.717, 1.165) is 21.4 Å². The Labute approximate surface area is 91.9 Å². The van der Waals surface area contributed by atoms with Crippen LogP contribution in [0.3, 0.4) is 0 Å². The summed E-state index contributed by atoms with van der Waals surface area (Å²) in [6, 6.07) is 1.92. The minimum atomic E-state index is 0.419. The topological polar surface area (TPSA) is 64.9 Å². The largest absolute Gasteiger partial charge is 0.468 e. The van der Waals surface area contributed by atoms with Gasteiger partial charge in [0, 0.05) is 6.54 Å². The van der Waals surface area contributed by atoms with Crippen molar-refractivity contribution < 1.29 is 4.42 Å². The summed E-state index contributed by atoms with van der Waals surface area (Å²) in [5.74, 6) is 0.893. The van der Waals surface area contributed by atoms with Crippen molar-refractivity contribution in [2.24, 2.45) is 5.73 Å². The molecule has 0 fully saturated rings. The molecule has 2 aromatic heterocycles. The quantitative estimate of drug-likeness (QED) is 0.858. The average molecular weight is 221 g/mol. The number of nitrogens with two attached hydrogens (primary N) is 1. The summed E-state index contributed by atoms with van der Waals surface area (Å²) >= 11 is 1.53. The van der Waals surface area contributed by atoms with Crippen LogP contribution in [0.25, 0.3) is 0 Å². The third-order valence-electron chi connectivity index (χ3n) is 1.92. The number of rotatable bonds is 3. The normalized spacial score (nSPS) is 10.5. The van der Waals surface area contributed by atoms with E-state index in [9.17, 15) is 0 Å². The number of aromatic nitrogens is 2. The van der Waals surface area contributed by atoms with E-state index >= 15 is 0 Å². The van der Waals surface area contributed by atoms with Crippen LogP contribution in [0, 0.1) is 6.92 Å². The Kier molecular flexibility index (Phi) is 3.03. The molecule has 2 rings (SSSR count). The van der Waals surface area contributed by atoms with E-state index in [2.05, 4.69) is 9.97 Å². The molecule has 0 aromatic carbocycles. The van der Waals surface area contributed by atoms with Gasteiger partial charge in [-0.3, -0.25) is 4.98 Å². The Hall–Kier alpha value is -1.33. The summed E-state index contributed by atoms with van der Waals surface area (Å²) in [4.78, 5) is 9.47. The maximum absolute atomic E-state index is 5.44. The van der Waals surface area contributed by atoms with E-state index in [1.54, 1.807) is 18.7 Å². The lowest BCUT2D eigenvalue weighted by atomic mass is 10.5. The van der Waals surface area contributed by atoms with Gasteiger partial charge < -0.3 is 10.2 Å². The first-order valence-electron chi connectivity index (χ1n) is 4.52. The molecule has 78 valence electrons. The van der Waals surface area contributed by atoms with E-state index in [-0.39, 0.29) is 0 Å². The lowest BCUT2D eigenvalue weighted by Crippen LogP contribution is -1.99. The summed E-state index contributed by atoms with van der Waals surface area (Å²) in [5, 5.41) is 0.844. The molecule has 4 nitrogen and oxygen atoms in total. The SMILES string of the molecule is Cc1occc1Sc1cnc(CN)cn1. The van der Waals surface area contributed by atoms with Crippen molar-refractivity contribution in [3.8, 4) is 0 Å². The maximum atomic E-state index is 5.44. The lowest BCUT2D eigenvalue weighted by molar-refractivity contribution is 0.527. The zero-order chi connectivity index (χ0) is 10.7. The molecule has 0 saturated heterocycles. The molecule has 2 heterocycles. The molecular weight excluding hydrogens is 210 g/mol. The average Bonchev–Trinajstić information content (AvgIpc) is 2.66. The molecule has 0 saturated carbocycles. The van der Waals surface area contributed by atoms with Crippen LogP contribution in [0.5, 0.6) is 0 Å². The predicted molar refractivity (Wildman–Crippen MR) is 57.5 cm³/mol. The Morgan fingerprint density at radius 3 is 2.80 bits per heavy atom. The van der Waals surface area contributed by atoms with Crippen LogP contribution in [0.15, 0.2) is 39.1 Å². The first-order valence-corrected chi connectivity index (χ1v) is 5.34. The molecule has 15 heavy (non-hydrogen) atoms. The van der Waals surface area contributed by atoms with Gasteiger partial charge in [0.1, 0.15) is 10.8 Å². The van der Waals surface area contributed by atoms with Crippen LogP contribution in [0.1, 0.15) is 11.5 Å². The van der Waals surface area contributed by atoms with Gasteiger partial charge in [0.2, 0.25) is 0 Å². The fraction of sp³-hybridized carbons (Fsp3) is 0.200. The summed E-state index contributed by atoms with van der Waals surface area (Å²) in [6.45, 7) is 2.34. The fourth-order valence-electron chi connectivity index (χ4n) is 1.09. The summed E-state index contributed by atoms with van der Waals surface area (Å²) < 4.78 is 5.19.